The Hall–Kier alpha value is -1.06. The van der Waals surface area contributed by atoms with E-state index in [2.05, 4.69) is 13.8 Å². The lowest BCUT2D eigenvalue weighted by molar-refractivity contribution is 0.0824. The predicted molar refractivity (Wildman–Crippen MR) is 66.1 cm³/mol. The van der Waals surface area contributed by atoms with E-state index in [9.17, 15) is 0 Å². The summed E-state index contributed by atoms with van der Waals surface area (Å²) in [7, 11) is 1.67. The Morgan fingerprint density at radius 3 is 2.47 bits per heavy atom. The largest absolute Gasteiger partial charge is 0.497 e. The molecular weight excluding hydrogens is 216 g/mol. The molecular formula is C14H20O3. The molecule has 1 aromatic carbocycles. The lowest BCUT2D eigenvalue weighted by Gasteiger charge is -2.09. The van der Waals surface area contributed by atoms with Crippen LogP contribution >= 0.6 is 0 Å². The Kier molecular flexibility index (Phi) is 4.02. The highest BCUT2D eigenvalue weighted by atomic mass is 16.6. The molecule has 1 aromatic rings. The molecule has 0 spiro atoms. The third-order valence-corrected chi connectivity index (χ3v) is 3.13. The normalized spacial score (nSPS) is 24.4. The molecule has 94 valence electrons. The summed E-state index contributed by atoms with van der Waals surface area (Å²) in [6.07, 6.45) is 0.806. The van der Waals surface area contributed by atoms with Gasteiger partial charge < -0.3 is 14.2 Å². The molecule has 1 aliphatic heterocycles. The first-order valence-corrected chi connectivity index (χ1v) is 6.07. The van der Waals surface area contributed by atoms with Crippen LogP contribution in [0.5, 0.6) is 5.75 Å². The zero-order valence-electron chi connectivity index (χ0n) is 10.7. The van der Waals surface area contributed by atoms with Crippen molar-refractivity contribution in [2.45, 2.75) is 32.7 Å². The summed E-state index contributed by atoms with van der Waals surface area (Å²) in [5.74, 6) is 1.35. The highest BCUT2D eigenvalue weighted by Crippen LogP contribution is 2.28. The van der Waals surface area contributed by atoms with Gasteiger partial charge in [0, 0.05) is 5.92 Å². The minimum absolute atomic E-state index is 0.394. The maximum absolute atomic E-state index is 5.68. The lowest BCUT2D eigenvalue weighted by atomic mass is 10.1. The average molecular weight is 236 g/mol. The van der Waals surface area contributed by atoms with Crippen LogP contribution in [0.3, 0.4) is 0 Å². The van der Waals surface area contributed by atoms with Gasteiger partial charge in [-0.2, -0.15) is 0 Å². The number of epoxide rings is 1. The number of rotatable bonds is 6. The number of methoxy groups -OCH3 is 1. The summed E-state index contributed by atoms with van der Waals surface area (Å²) in [6.45, 7) is 5.67. The summed E-state index contributed by atoms with van der Waals surface area (Å²) < 4.78 is 16.2. The molecule has 0 amide bonds. The van der Waals surface area contributed by atoms with Crippen LogP contribution in [0.25, 0.3) is 0 Å². The molecule has 2 rings (SSSR count). The Morgan fingerprint density at radius 2 is 1.94 bits per heavy atom. The van der Waals surface area contributed by atoms with Gasteiger partial charge in [-0.25, -0.2) is 0 Å². The number of benzene rings is 1. The molecule has 1 fully saturated rings. The smallest absolute Gasteiger partial charge is 0.118 e. The average Bonchev–Trinajstić information content (AvgIpc) is 3.07. The van der Waals surface area contributed by atoms with Gasteiger partial charge in [-0.1, -0.05) is 19.1 Å². The van der Waals surface area contributed by atoms with Crippen LogP contribution in [0.15, 0.2) is 24.3 Å². The van der Waals surface area contributed by atoms with Gasteiger partial charge in [0.25, 0.3) is 0 Å². The van der Waals surface area contributed by atoms with E-state index in [0.717, 1.165) is 12.4 Å². The second-order valence-corrected chi connectivity index (χ2v) is 4.65. The van der Waals surface area contributed by atoms with Crippen molar-refractivity contribution in [2.24, 2.45) is 5.92 Å². The summed E-state index contributed by atoms with van der Waals surface area (Å²) >= 11 is 0. The van der Waals surface area contributed by atoms with E-state index in [-0.39, 0.29) is 0 Å². The van der Waals surface area contributed by atoms with Crippen LogP contribution < -0.4 is 4.74 Å². The second kappa shape index (κ2) is 5.52. The van der Waals surface area contributed by atoms with E-state index in [1.807, 2.05) is 24.3 Å². The molecule has 0 aromatic heterocycles. The second-order valence-electron chi connectivity index (χ2n) is 4.65. The van der Waals surface area contributed by atoms with Crippen molar-refractivity contribution in [3.63, 3.8) is 0 Å². The third-order valence-electron chi connectivity index (χ3n) is 3.13. The molecule has 3 nitrogen and oxygen atoms in total. The highest BCUT2D eigenvalue weighted by molar-refractivity contribution is 5.26. The summed E-state index contributed by atoms with van der Waals surface area (Å²) in [4.78, 5) is 0. The minimum atomic E-state index is 0.394. The molecule has 3 atom stereocenters. The molecule has 0 bridgehead atoms. The van der Waals surface area contributed by atoms with Gasteiger partial charge in [0.2, 0.25) is 0 Å². The van der Waals surface area contributed by atoms with Crippen LogP contribution in [0.4, 0.5) is 0 Å². The number of hydrogen-bond donors (Lipinski definition) is 0. The maximum Gasteiger partial charge on any atom is 0.118 e. The van der Waals surface area contributed by atoms with Crippen LogP contribution in [-0.4, -0.2) is 25.9 Å². The van der Waals surface area contributed by atoms with Gasteiger partial charge in [-0.15, -0.1) is 0 Å². The Balaban J connectivity index is 1.70. The SMILES string of the molecule is COc1ccc(COC[C@H](C)[C@@H]2O[C@H]2C)cc1. The van der Waals surface area contributed by atoms with Gasteiger partial charge >= 0.3 is 0 Å². The van der Waals surface area contributed by atoms with E-state index in [1.54, 1.807) is 7.11 Å². The van der Waals surface area contributed by atoms with Crippen molar-refractivity contribution >= 4 is 0 Å². The summed E-state index contributed by atoms with van der Waals surface area (Å²) in [5, 5.41) is 0. The Bertz CT molecular complexity index is 347. The fourth-order valence-electron chi connectivity index (χ4n) is 1.98. The maximum atomic E-state index is 5.68. The third kappa shape index (κ3) is 3.45. The predicted octanol–water partition coefficient (Wildman–Crippen LogP) is 2.64. The Morgan fingerprint density at radius 1 is 1.29 bits per heavy atom. The molecule has 0 aliphatic carbocycles. The molecule has 0 radical (unpaired) electrons. The molecule has 3 heteroatoms. The van der Waals surface area contributed by atoms with Crippen molar-refractivity contribution in [1.29, 1.82) is 0 Å². The molecule has 0 unspecified atom stereocenters. The van der Waals surface area contributed by atoms with Gasteiger partial charge in [-0.05, 0) is 24.6 Å². The van der Waals surface area contributed by atoms with E-state index < -0.39 is 0 Å². The minimum Gasteiger partial charge on any atom is -0.497 e. The van der Waals surface area contributed by atoms with Crippen molar-refractivity contribution in [3.8, 4) is 5.75 Å². The summed E-state index contributed by atoms with van der Waals surface area (Å²) in [5.41, 5.74) is 1.17. The molecule has 0 N–H and O–H groups in total. The van der Waals surface area contributed by atoms with Crippen LogP contribution in [0.1, 0.15) is 19.4 Å². The van der Waals surface area contributed by atoms with E-state index in [1.165, 1.54) is 5.56 Å². The van der Waals surface area contributed by atoms with Crippen LogP contribution in [-0.2, 0) is 16.1 Å². The number of ether oxygens (including phenoxy) is 3. The van der Waals surface area contributed by atoms with Gasteiger partial charge in [-0.3, -0.25) is 0 Å². The van der Waals surface area contributed by atoms with Crippen molar-refractivity contribution in [2.75, 3.05) is 13.7 Å². The quantitative estimate of drug-likeness (QED) is 0.711. The van der Waals surface area contributed by atoms with Crippen molar-refractivity contribution < 1.29 is 14.2 Å². The van der Waals surface area contributed by atoms with E-state index >= 15 is 0 Å². The molecule has 17 heavy (non-hydrogen) atoms. The zero-order chi connectivity index (χ0) is 12.3. The van der Waals surface area contributed by atoms with Gasteiger partial charge in [0.05, 0.1) is 32.5 Å². The fraction of sp³-hybridized carbons (Fsp3) is 0.571. The number of hydrogen-bond acceptors (Lipinski definition) is 3. The fourth-order valence-corrected chi connectivity index (χ4v) is 1.98. The van der Waals surface area contributed by atoms with E-state index in [4.69, 9.17) is 14.2 Å². The zero-order valence-corrected chi connectivity index (χ0v) is 10.7. The standard InChI is InChI=1S/C14H20O3/c1-10(14-11(2)17-14)8-16-9-12-4-6-13(15-3)7-5-12/h4-7,10-11,14H,8-9H2,1-3H3/t10-,11-,14-/m0/s1. The van der Waals surface area contributed by atoms with Gasteiger partial charge in [0.15, 0.2) is 0 Å². The first-order valence-electron chi connectivity index (χ1n) is 6.07. The van der Waals surface area contributed by atoms with Crippen LogP contribution in [0.2, 0.25) is 0 Å². The molecule has 1 heterocycles. The topological polar surface area (TPSA) is 31.0 Å². The first-order chi connectivity index (χ1) is 8.20. The lowest BCUT2D eigenvalue weighted by Crippen LogP contribution is -2.13. The summed E-state index contributed by atoms with van der Waals surface area (Å²) in [6, 6.07) is 7.96. The van der Waals surface area contributed by atoms with E-state index in [0.29, 0.717) is 24.7 Å². The van der Waals surface area contributed by atoms with Gasteiger partial charge in [0.1, 0.15) is 5.75 Å². The highest BCUT2D eigenvalue weighted by Gasteiger charge is 2.38. The molecule has 0 saturated carbocycles. The Labute approximate surface area is 103 Å². The molecule has 1 saturated heterocycles. The monoisotopic (exact) mass is 236 g/mol. The van der Waals surface area contributed by atoms with Crippen molar-refractivity contribution in [3.05, 3.63) is 29.8 Å². The van der Waals surface area contributed by atoms with Crippen molar-refractivity contribution in [1.82, 2.24) is 0 Å². The molecule has 1 aliphatic rings. The van der Waals surface area contributed by atoms with Crippen LogP contribution in [0, 0.1) is 5.92 Å². The first kappa shape index (κ1) is 12.4.